The van der Waals surface area contributed by atoms with E-state index >= 15 is 0 Å². The maximum atomic E-state index is 13.0. The normalized spacial score (nSPS) is 17.5. The van der Waals surface area contributed by atoms with Crippen molar-refractivity contribution in [2.45, 2.75) is 31.8 Å². The first-order chi connectivity index (χ1) is 17.3. The van der Waals surface area contributed by atoms with Crippen LogP contribution in [-0.4, -0.2) is 70.6 Å². The van der Waals surface area contributed by atoms with Crippen LogP contribution in [0, 0.1) is 6.92 Å². The van der Waals surface area contributed by atoms with E-state index in [1.165, 1.54) is 17.7 Å². The van der Waals surface area contributed by atoms with Gasteiger partial charge < -0.3 is 31.3 Å². The van der Waals surface area contributed by atoms with E-state index in [1.807, 2.05) is 49.0 Å². The number of nitrogens with two attached hydrogens (primary N) is 1. The van der Waals surface area contributed by atoms with Gasteiger partial charge in [-0.25, -0.2) is 9.97 Å². The summed E-state index contributed by atoms with van der Waals surface area (Å²) in [6, 6.07) is 8.46. The average molecular weight is 511 g/mol. The van der Waals surface area contributed by atoms with Crippen molar-refractivity contribution >= 4 is 45.7 Å². The fourth-order valence-electron chi connectivity index (χ4n) is 4.22. The van der Waals surface area contributed by atoms with Gasteiger partial charge in [-0.2, -0.15) is 4.37 Å². The zero-order valence-corrected chi connectivity index (χ0v) is 21.2. The lowest BCUT2D eigenvalue weighted by atomic mass is 9.96. The van der Waals surface area contributed by atoms with Crippen LogP contribution in [0.5, 0.6) is 0 Å². The molecule has 1 aliphatic heterocycles. The van der Waals surface area contributed by atoms with Crippen LogP contribution >= 0.6 is 11.5 Å². The lowest BCUT2D eigenvalue weighted by molar-refractivity contribution is 0.0910. The molecular weight excluding hydrogens is 480 g/mol. The van der Waals surface area contributed by atoms with Crippen LogP contribution in [0.4, 0.5) is 22.3 Å². The summed E-state index contributed by atoms with van der Waals surface area (Å²) < 4.78 is 4.23. The second kappa shape index (κ2) is 10.9. The molecule has 4 rings (SSSR count). The molecule has 1 fully saturated rings. The summed E-state index contributed by atoms with van der Waals surface area (Å²) in [7, 11) is 3.88. The van der Waals surface area contributed by atoms with Crippen molar-refractivity contribution in [3.63, 3.8) is 0 Å². The van der Waals surface area contributed by atoms with Crippen LogP contribution in [0.15, 0.2) is 36.5 Å². The summed E-state index contributed by atoms with van der Waals surface area (Å²) in [5.41, 5.74) is 7.90. The Kier molecular flexibility index (Phi) is 7.65. The number of aliphatic hydroxyl groups is 1. The minimum Gasteiger partial charge on any atom is -0.394 e. The molecule has 190 valence electrons. The van der Waals surface area contributed by atoms with E-state index in [1.54, 1.807) is 12.1 Å². The van der Waals surface area contributed by atoms with Crippen molar-refractivity contribution in [3.8, 4) is 0 Å². The van der Waals surface area contributed by atoms with E-state index in [9.17, 15) is 14.7 Å². The largest absolute Gasteiger partial charge is 0.394 e. The molecule has 0 unspecified atom stereocenters. The van der Waals surface area contributed by atoms with Gasteiger partial charge in [-0.05, 0) is 61.6 Å². The predicted octanol–water partition coefficient (Wildman–Crippen LogP) is 1.91. The molecular formula is C24H30N8O3S. The second-order valence-electron chi connectivity index (χ2n) is 8.85. The number of primary amides is 1. The molecule has 1 aromatic carbocycles. The first-order valence-corrected chi connectivity index (χ1v) is 12.4. The third-order valence-electron chi connectivity index (χ3n) is 6.09. The van der Waals surface area contributed by atoms with Crippen molar-refractivity contribution in [2.75, 3.05) is 42.4 Å². The molecule has 2 aromatic heterocycles. The molecule has 36 heavy (non-hydrogen) atoms. The minimum atomic E-state index is -0.708. The zero-order chi connectivity index (χ0) is 25.8. The summed E-state index contributed by atoms with van der Waals surface area (Å²) >= 11 is 1.23. The molecule has 1 aliphatic rings. The van der Waals surface area contributed by atoms with Gasteiger partial charge in [0.2, 0.25) is 0 Å². The van der Waals surface area contributed by atoms with Crippen LogP contribution < -0.4 is 26.2 Å². The summed E-state index contributed by atoms with van der Waals surface area (Å²) in [5.74, 6) is -0.228. The number of carbonyl (C=O) groups excluding carboxylic acids is 2. The number of carbonyl (C=O) groups is 2. The van der Waals surface area contributed by atoms with E-state index in [-0.39, 0.29) is 30.1 Å². The number of nitrogens with zero attached hydrogens (tertiary/aromatic N) is 5. The lowest BCUT2D eigenvalue weighted by Crippen LogP contribution is -2.57. The smallest absolute Gasteiger partial charge is 0.271 e. The maximum absolute atomic E-state index is 13.0. The molecule has 3 heterocycles. The third kappa shape index (κ3) is 5.55. The van der Waals surface area contributed by atoms with Gasteiger partial charge in [-0.1, -0.05) is 0 Å². The second-order valence-corrected chi connectivity index (χ2v) is 9.66. The Balaban J connectivity index is 1.55. The Morgan fingerprint density at radius 3 is 2.64 bits per heavy atom. The lowest BCUT2D eigenvalue weighted by Gasteiger charge is -2.41. The van der Waals surface area contributed by atoms with Gasteiger partial charge in [-0.3, -0.25) is 9.59 Å². The number of aromatic nitrogens is 3. The molecule has 0 saturated carbocycles. The van der Waals surface area contributed by atoms with Gasteiger partial charge >= 0.3 is 0 Å². The summed E-state index contributed by atoms with van der Waals surface area (Å²) in [6.45, 7) is 2.28. The number of amides is 2. The van der Waals surface area contributed by atoms with Crippen LogP contribution in [0.3, 0.4) is 0 Å². The molecule has 2 amide bonds. The fourth-order valence-corrected chi connectivity index (χ4v) is 4.88. The van der Waals surface area contributed by atoms with Gasteiger partial charge in [0.25, 0.3) is 11.8 Å². The average Bonchev–Trinajstić information content (AvgIpc) is 3.28. The zero-order valence-electron chi connectivity index (χ0n) is 20.4. The van der Waals surface area contributed by atoms with Gasteiger partial charge in [0.15, 0.2) is 11.5 Å². The number of benzene rings is 1. The molecule has 0 spiro atoms. The number of hydrogen-bond donors (Lipinski definition) is 4. The van der Waals surface area contributed by atoms with Crippen LogP contribution in [0.1, 0.15) is 39.4 Å². The highest BCUT2D eigenvalue weighted by atomic mass is 32.1. The minimum absolute atomic E-state index is 0.00776. The molecule has 3 aromatic rings. The number of aliphatic hydroxyl groups excluding tert-OH is 1. The monoisotopic (exact) mass is 510 g/mol. The highest BCUT2D eigenvalue weighted by molar-refractivity contribution is 7.10. The van der Waals surface area contributed by atoms with Gasteiger partial charge in [0.05, 0.1) is 30.6 Å². The Bertz CT molecular complexity index is 1230. The Morgan fingerprint density at radius 2 is 2.03 bits per heavy atom. The molecule has 5 N–H and O–H groups in total. The highest BCUT2D eigenvalue weighted by Crippen LogP contribution is 2.28. The quantitative estimate of drug-likeness (QED) is 0.356. The van der Waals surface area contributed by atoms with Crippen molar-refractivity contribution in [1.29, 1.82) is 0 Å². The number of rotatable bonds is 8. The Labute approximate surface area is 213 Å². The molecule has 2 atom stereocenters. The van der Waals surface area contributed by atoms with Gasteiger partial charge in [-0.15, -0.1) is 0 Å². The van der Waals surface area contributed by atoms with Gasteiger partial charge in [0.1, 0.15) is 10.8 Å². The van der Waals surface area contributed by atoms with Crippen molar-refractivity contribution < 1.29 is 14.7 Å². The highest BCUT2D eigenvalue weighted by Gasteiger charge is 2.34. The van der Waals surface area contributed by atoms with Gasteiger partial charge in [0, 0.05) is 31.9 Å². The van der Waals surface area contributed by atoms with Crippen molar-refractivity contribution in [3.05, 3.63) is 53.5 Å². The van der Waals surface area contributed by atoms with E-state index in [2.05, 4.69) is 25.0 Å². The first-order valence-electron chi connectivity index (χ1n) is 11.6. The van der Waals surface area contributed by atoms with Crippen molar-refractivity contribution in [2.24, 2.45) is 5.73 Å². The van der Waals surface area contributed by atoms with Crippen LogP contribution in [-0.2, 0) is 0 Å². The Hall–Kier alpha value is -3.77. The SMILES string of the molecule is Cc1cc(Nc2nc(N3CCC[C@H](NC(=O)c4ccc(N(C)C)cc4)[C@H]3CO)cnc2C(N)=O)sn1. The molecule has 0 bridgehead atoms. The van der Waals surface area contributed by atoms with Crippen LogP contribution in [0.2, 0.25) is 0 Å². The predicted molar refractivity (Wildman–Crippen MR) is 140 cm³/mol. The van der Waals surface area contributed by atoms with E-state index in [0.29, 0.717) is 29.3 Å². The molecule has 1 saturated heterocycles. The fraction of sp³-hybridized carbons (Fsp3) is 0.375. The summed E-state index contributed by atoms with van der Waals surface area (Å²) in [5, 5.41) is 17.1. The standard InChI is InChI=1S/C24H30N8O3S/c1-14-11-20(36-30-14)29-23-21(22(25)34)26-12-19(28-23)32-10-4-5-17(18(32)13-33)27-24(35)15-6-8-16(9-7-15)31(2)3/h6-9,11-12,17-18,33H,4-5,10,13H2,1-3H3,(H2,25,34)(H,27,35)(H,28,29)/t17-,18+/m0/s1. The van der Waals surface area contributed by atoms with E-state index in [0.717, 1.165) is 17.8 Å². The maximum Gasteiger partial charge on any atom is 0.271 e. The number of anilines is 4. The van der Waals surface area contributed by atoms with Crippen molar-refractivity contribution in [1.82, 2.24) is 19.7 Å². The van der Waals surface area contributed by atoms with E-state index in [4.69, 9.17) is 5.73 Å². The number of hydrogen-bond acceptors (Lipinski definition) is 10. The number of piperidine rings is 1. The first kappa shape index (κ1) is 25.3. The molecule has 0 radical (unpaired) electrons. The summed E-state index contributed by atoms with van der Waals surface area (Å²) in [4.78, 5) is 37.7. The summed E-state index contributed by atoms with van der Waals surface area (Å²) in [6.07, 6.45) is 2.95. The van der Waals surface area contributed by atoms with Crippen LogP contribution in [0.25, 0.3) is 0 Å². The molecule has 0 aliphatic carbocycles. The molecule has 12 heteroatoms. The Morgan fingerprint density at radius 1 is 1.28 bits per heavy atom. The topological polar surface area (TPSA) is 150 Å². The number of nitrogens with one attached hydrogen (secondary N) is 2. The number of aryl methyl sites for hydroxylation is 1. The van der Waals surface area contributed by atoms with E-state index < -0.39 is 11.9 Å². The molecule has 11 nitrogen and oxygen atoms in total. The third-order valence-corrected chi connectivity index (χ3v) is 6.88.